The lowest BCUT2D eigenvalue weighted by atomic mass is 10.0. The number of alkyl halides is 3. The summed E-state index contributed by atoms with van der Waals surface area (Å²) < 4.78 is 38.4. The maximum absolute atomic E-state index is 12.7. The van der Waals surface area contributed by atoms with Crippen LogP contribution in [-0.4, -0.2) is 9.97 Å². The third kappa shape index (κ3) is 2.75. The number of nitrogens with one attached hydrogen (secondary N) is 1. The number of benzene rings is 1. The predicted octanol–water partition coefficient (Wildman–Crippen LogP) is 4.75. The fourth-order valence-electron chi connectivity index (χ4n) is 1.91. The predicted molar refractivity (Wildman–Crippen MR) is 74.1 cm³/mol. The van der Waals surface area contributed by atoms with E-state index < -0.39 is 11.7 Å². The summed E-state index contributed by atoms with van der Waals surface area (Å²) in [6.45, 7) is 5.29. The van der Waals surface area contributed by atoms with E-state index in [2.05, 4.69) is 9.97 Å². The molecule has 0 saturated carbocycles. The van der Waals surface area contributed by atoms with Gasteiger partial charge in [0, 0.05) is 11.3 Å². The van der Waals surface area contributed by atoms with Crippen LogP contribution < -0.4 is 0 Å². The van der Waals surface area contributed by atoms with Gasteiger partial charge in [-0.25, -0.2) is 4.98 Å². The van der Waals surface area contributed by atoms with Crippen LogP contribution in [0.4, 0.5) is 13.2 Å². The van der Waals surface area contributed by atoms with Crippen LogP contribution in [0.1, 0.15) is 22.5 Å². The number of aryl methyl sites for hydroxylation is 3. The average Bonchev–Trinajstić information content (AvgIpc) is 2.33. The summed E-state index contributed by atoms with van der Waals surface area (Å²) in [5.41, 5.74) is 2.57. The van der Waals surface area contributed by atoms with Crippen molar-refractivity contribution in [2.24, 2.45) is 0 Å². The number of H-pyrrole nitrogens is 1. The minimum absolute atomic E-state index is 0.427. The number of hydrogen-bond acceptors (Lipinski definition) is 2. The lowest BCUT2D eigenvalue weighted by Gasteiger charge is -2.12. The van der Waals surface area contributed by atoms with Crippen molar-refractivity contribution in [1.82, 2.24) is 9.97 Å². The molecule has 2 nitrogen and oxygen atoms in total. The van der Waals surface area contributed by atoms with Gasteiger partial charge in [-0.05, 0) is 38.5 Å². The molecular weight excluding hydrogens is 285 g/mol. The lowest BCUT2D eigenvalue weighted by Crippen LogP contribution is -2.05. The molecule has 0 aliphatic rings. The van der Waals surface area contributed by atoms with E-state index in [1.165, 1.54) is 6.07 Å². The quantitative estimate of drug-likeness (QED) is 0.770. The van der Waals surface area contributed by atoms with Crippen LogP contribution in [0, 0.1) is 25.4 Å². The van der Waals surface area contributed by atoms with E-state index in [9.17, 15) is 13.2 Å². The molecule has 0 amide bonds. The van der Waals surface area contributed by atoms with Gasteiger partial charge >= 0.3 is 6.18 Å². The van der Waals surface area contributed by atoms with E-state index in [1.54, 1.807) is 6.92 Å². The van der Waals surface area contributed by atoms with Gasteiger partial charge < -0.3 is 4.98 Å². The maximum atomic E-state index is 12.7. The van der Waals surface area contributed by atoms with Crippen molar-refractivity contribution < 1.29 is 13.2 Å². The van der Waals surface area contributed by atoms with Gasteiger partial charge in [0.2, 0.25) is 0 Å². The van der Waals surface area contributed by atoms with Crippen LogP contribution in [0.2, 0.25) is 0 Å². The molecule has 0 aliphatic carbocycles. The summed E-state index contributed by atoms with van der Waals surface area (Å²) in [4.78, 5) is 7.39. The van der Waals surface area contributed by atoms with Gasteiger partial charge in [-0.1, -0.05) is 18.3 Å². The molecule has 1 aromatic carbocycles. The molecule has 20 heavy (non-hydrogen) atoms. The number of rotatable bonds is 1. The van der Waals surface area contributed by atoms with Crippen molar-refractivity contribution >= 4 is 12.2 Å². The zero-order valence-electron chi connectivity index (χ0n) is 11.2. The number of nitrogens with zero attached hydrogens (tertiary/aromatic N) is 1. The Kier molecular flexibility index (Phi) is 3.69. The van der Waals surface area contributed by atoms with Gasteiger partial charge in [-0.3, -0.25) is 0 Å². The van der Waals surface area contributed by atoms with E-state index in [1.807, 2.05) is 13.8 Å². The van der Waals surface area contributed by atoms with Crippen LogP contribution in [-0.2, 0) is 6.18 Å². The zero-order valence-corrected chi connectivity index (χ0v) is 12.0. The highest BCUT2D eigenvalue weighted by Gasteiger charge is 2.30. The summed E-state index contributed by atoms with van der Waals surface area (Å²) >= 11 is 5.21. The van der Waals surface area contributed by atoms with E-state index >= 15 is 0 Å². The van der Waals surface area contributed by atoms with E-state index in [4.69, 9.17) is 12.2 Å². The Hall–Kier alpha value is -1.69. The number of aromatic amines is 1. The van der Waals surface area contributed by atoms with Crippen LogP contribution in [0.25, 0.3) is 11.3 Å². The molecule has 0 radical (unpaired) electrons. The van der Waals surface area contributed by atoms with E-state index in [0.717, 1.165) is 23.5 Å². The lowest BCUT2D eigenvalue weighted by molar-refractivity contribution is -0.137. The van der Waals surface area contributed by atoms with Gasteiger partial charge in [-0.2, -0.15) is 13.2 Å². The van der Waals surface area contributed by atoms with Crippen molar-refractivity contribution in [2.45, 2.75) is 26.9 Å². The second-order valence-electron chi connectivity index (χ2n) is 4.65. The number of halogens is 3. The van der Waals surface area contributed by atoms with Gasteiger partial charge in [0.25, 0.3) is 0 Å². The summed E-state index contributed by atoms with van der Waals surface area (Å²) in [5.74, 6) is 0. The first kappa shape index (κ1) is 14.7. The first-order chi connectivity index (χ1) is 9.20. The molecule has 0 unspecified atom stereocenters. The van der Waals surface area contributed by atoms with Crippen molar-refractivity contribution in [3.05, 3.63) is 45.4 Å². The molecule has 0 atom stereocenters. The molecule has 1 N–H and O–H groups in total. The van der Waals surface area contributed by atoms with Crippen molar-refractivity contribution in [3.8, 4) is 11.3 Å². The second-order valence-corrected chi connectivity index (χ2v) is 5.06. The first-order valence-corrected chi connectivity index (χ1v) is 6.36. The molecule has 0 aliphatic heterocycles. The minimum atomic E-state index is -4.34. The molecule has 2 aromatic rings. The van der Waals surface area contributed by atoms with Gasteiger partial charge in [0.15, 0.2) is 0 Å². The summed E-state index contributed by atoms with van der Waals surface area (Å²) in [7, 11) is 0. The van der Waals surface area contributed by atoms with Crippen molar-refractivity contribution in [3.63, 3.8) is 0 Å². The molecule has 106 valence electrons. The molecule has 0 saturated heterocycles. The molecule has 0 bridgehead atoms. The third-order valence-corrected chi connectivity index (χ3v) is 3.44. The standard InChI is InChI=1S/C14H13F3N2S/c1-7-6-10(14(15,16)17)4-5-11(7)12-13(20)19-9(3)8(2)18-12/h4-6H,1-3H3,(H,19,20). The highest BCUT2D eigenvalue weighted by molar-refractivity contribution is 7.71. The summed E-state index contributed by atoms with van der Waals surface area (Å²) in [6.07, 6.45) is -4.34. The number of aromatic nitrogens is 2. The molecular formula is C14H13F3N2S. The van der Waals surface area contributed by atoms with Gasteiger partial charge in [0.05, 0.1) is 11.3 Å². The Balaban J connectivity index is 2.60. The first-order valence-electron chi connectivity index (χ1n) is 5.96. The van der Waals surface area contributed by atoms with Crippen LogP contribution in [0.15, 0.2) is 18.2 Å². The molecule has 1 heterocycles. The fourth-order valence-corrected chi connectivity index (χ4v) is 2.22. The summed E-state index contributed by atoms with van der Waals surface area (Å²) in [6, 6.07) is 3.58. The highest BCUT2D eigenvalue weighted by Crippen LogP contribution is 2.32. The minimum Gasteiger partial charge on any atom is -0.347 e. The monoisotopic (exact) mass is 298 g/mol. The smallest absolute Gasteiger partial charge is 0.347 e. The average molecular weight is 298 g/mol. The molecule has 2 rings (SSSR count). The Bertz CT molecular complexity index is 717. The van der Waals surface area contributed by atoms with Crippen molar-refractivity contribution in [2.75, 3.05) is 0 Å². The molecule has 0 spiro atoms. The van der Waals surface area contributed by atoms with E-state index in [0.29, 0.717) is 21.5 Å². The van der Waals surface area contributed by atoms with E-state index in [-0.39, 0.29) is 0 Å². The fraction of sp³-hybridized carbons (Fsp3) is 0.286. The Morgan fingerprint density at radius 2 is 1.80 bits per heavy atom. The van der Waals surface area contributed by atoms with Crippen LogP contribution in [0.3, 0.4) is 0 Å². The number of hydrogen-bond donors (Lipinski definition) is 1. The Labute approximate surface area is 119 Å². The maximum Gasteiger partial charge on any atom is 0.416 e. The van der Waals surface area contributed by atoms with Gasteiger partial charge in [0.1, 0.15) is 10.3 Å². The third-order valence-electron chi connectivity index (χ3n) is 3.15. The Morgan fingerprint density at radius 3 is 2.35 bits per heavy atom. The summed E-state index contributed by atoms with van der Waals surface area (Å²) in [5, 5.41) is 0. The SMILES string of the molecule is Cc1cc(C(F)(F)F)ccc1-c1nc(C)c(C)[nH]c1=S. The highest BCUT2D eigenvalue weighted by atomic mass is 32.1. The van der Waals surface area contributed by atoms with Gasteiger partial charge in [-0.15, -0.1) is 0 Å². The molecule has 6 heteroatoms. The van der Waals surface area contributed by atoms with Crippen LogP contribution in [0.5, 0.6) is 0 Å². The van der Waals surface area contributed by atoms with Crippen molar-refractivity contribution in [1.29, 1.82) is 0 Å². The topological polar surface area (TPSA) is 28.7 Å². The zero-order chi connectivity index (χ0) is 15.1. The van der Waals surface area contributed by atoms with Crippen LogP contribution >= 0.6 is 12.2 Å². The second kappa shape index (κ2) is 5.01. The molecule has 0 fully saturated rings. The Morgan fingerprint density at radius 1 is 1.15 bits per heavy atom. The normalized spacial score (nSPS) is 11.7. The largest absolute Gasteiger partial charge is 0.416 e. The molecule has 1 aromatic heterocycles.